The molecule has 0 unspecified atom stereocenters. The lowest BCUT2D eigenvalue weighted by Gasteiger charge is -2.06. The highest BCUT2D eigenvalue weighted by Gasteiger charge is 2.05. The number of nitrogens with zero attached hydrogens (tertiary/aromatic N) is 1. The summed E-state index contributed by atoms with van der Waals surface area (Å²) in [5, 5.41) is 5.14. The van der Waals surface area contributed by atoms with E-state index < -0.39 is 0 Å². The van der Waals surface area contributed by atoms with E-state index in [1.165, 1.54) is 6.21 Å². The van der Waals surface area contributed by atoms with E-state index in [2.05, 4.69) is 10.5 Å². The number of hydrazone groups is 1. The van der Waals surface area contributed by atoms with Gasteiger partial charge in [-0.2, -0.15) is 5.10 Å². The zero-order valence-corrected chi connectivity index (χ0v) is 15.9. The van der Waals surface area contributed by atoms with E-state index in [0.29, 0.717) is 27.3 Å². The number of nitrogens with one attached hydrogen (secondary N) is 1. The van der Waals surface area contributed by atoms with E-state index in [-0.39, 0.29) is 12.5 Å². The number of benzene rings is 2. The van der Waals surface area contributed by atoms with Gasteiger partial charge >= 0.3 is 0 Å². The standard InChI is InChI=1S/C20H16Cl2N2O3/c1-13-9-16(5-7-18(13)22)26-12-20(25)24-23-11-17-6-8-19(27-17)14-3-2-4-15(21)10-14/h2-11H,12H2,1H3,(H,24,25)/b23-11-. The van der Waals surface area contributed by atoms with Crippen LogP contribution in [0.4, 0.5) is 0 Å². The summed E-state index contributed by atoms with van der Waals surface area (Å²) in [5.74, 6) is 1.33. The Kier molecular flexibility index (Phi) is 6.16. The predicted octanol–water partition coefficient (Wildman–Crippen LogP) is 5.09. The minimum absolute atomic E-state index is 0.162. The van der Waals surface area contributed by atoms with Crippen molar-refractivity contribution >= 4 is 35.3 Å². The Balaban J connectivity index is 1.51. The lowest BCUT2D eigenvalue weighted by Crippen LogP contribution is -2.24. The van der Waals surface area contributed by atoms with Crippen molar-refractivity contribution in [3.8, 4) is 17.1 Å². The average Bonchev–Trinajstić information content (AvgIpc) is 3.12. The van der Waals surface area contributed by atoms with Crippen molar-refractivity contribution in [1.82, 2.24) is 5.43 Å². The van der Waals surface area contributed by atoms with Gasteiger partial charge in [0, 0.05) is 15.6 Å². The number of aryl methyl sites for hydroxylation is 1. The molecular formula is C20H16Cl2N2O3. The van der Waals surface area contributed by atoms with Crippen molar-refractivity contribution in [2.45, 2.75) is 6.92 Å². The lowest BCUT2D eigenvalue weighted by atomic mass is 10.2. The highest BCUT2D eigenvalue weighted by atomic mass is 35.5. The number of furan rings is 1. The van der Waals surface area contributed by atoms with E-state index >= 15 is 0 Å². The molecule has 1 amide bonds. The number of hydrogen-bond acceptors (Lipinski definition) is 4. The van der Waals surface area contributed by atoms with Gasteiger partial charge in [0.25, 0.3) is 5.91 Å². The summed E-state index contributed by atoms with van der Waals surface area (Å²) < 4.78 is 11.1. The molecule has 1 N–H and O–H groups in total. The van der Waals surface area contributed by atoms with Gasteiger partial charge in [0.05, 0.1) is 6.21 Å². The van der Waals surface area contributed by atoms with E-state index in [4.69, 9.17) is 32.4 Å². The Hall–Kier alpha value is -2.76. The summed E-state index contributed by atoms with van der Waals surface area (Å²) in [6, 6.07) is 16.1. The fourth-order valence-electron chi connectivity index (χ4n) is 2.28. The van der Waals surface area contributed by atoms with Crippen LogP contribution in [0.1, 0.15) is 11.3 Å². The van der Waals surface area contributed by atoms with Crippen LogP contribution in [0.5, 0.6) is 5.75 Å². The van der Waals surface area contributed by atoms with Crippen LogP contribution in [0.2, 0.25) is 10.0 Å². The van der Waals surface area contributed by atoms with Crippen LogP contribution in [-0.4, -0.2) is 18.7 Å². The molecule has 0 aliphatic heterocycles. The van der Waals surface area contributed by atoms with Crippen molar-refractivity contribution in [3.63, 3.8) is 0 Å². The Morgan fingerprint density at radius 3 is 2.81 bits per heavy atom. The summed E-state index contributed by atoms with van der Waals surface area (Å²) >= 11 is 11.9. The van der Waals surface area contributed by atoms with Gasteiger partial charge in [-0.3, -0.25) is 4.79 Å². The molecule has 0 fully saturated rings. The van der Waals surface area contributed by atoms with Crippen molar-refractivity contribution in [3.05, 3.63) is 76.0 Å². The molecule has 3 aromatic rings. The van der Waals surface area contributed by atoms with Crippen molar-refractivity contribution in [1.29, 1.82) is 0 Å². The monoisotopic (exact) mass is 402 g/mol. The van der Waals surface area contributed by atoms with E-state index in [1.54, 1.807) is 42.5 Å². The molecule has 0 atom stereocenters. The fraction of sp³-hybridized carbons (Fsp3) is 0.100. The molecule has 5 nitrogen and oxygen atoms in total. The molecule has 0 saturated carbocycles. The van der Waals surface area contributed by atoms with Crippen molar-refractivity contribution in [2.24, 2.45) is 5.10 Å². The predicted molar refractivity (Wildman–Crippen MR) is 107 cm³/mol. The molecule has 0 aliphatic rings. The third kappa shape index (κ3) is 5.36. The van der Waals surface area contributed by atoms with E-state index in [9.17, 15) is 4.79 Å². The molecule has 27 heavy (non-hydrogen) atoms. The van der Waals surface area contributed by atoms with Gasteiger partial charge < -0.3 is 9.15 Å². The molecule has 3 rings (SSSR count). The molecule has 1 heterocycles. The number of ether oxygens (including phenoxy) is 1. The zero-order chi connectivity index (χ0) is 19.2. The molecule has 2 aromatic carbocycles. The average molecular weight is 403 g/mol. The minimum Gasteiger partial charge on any atom is -0.484 e. The maximum absolute atomic E-state index is 11.8. The summed E-state index contributed by atoms with van der Waals surface area (Å²) in [5.41, 5.74) is 4.12. The number of rotatable bonds is 6. The zero-order valence-electron chi connectivity index (χ0n) is 14.4. The van der Waals surface area contributed by atoms with E-state index in [1.807, 2.05) is 19.1 Å². The largest absolute Gasteiger partial charge is 0.484 e. The van der Waals surface area contributed by atoms with Crippen LogP contribution in [0.3, 0.4) is 0 Å². The van der Waals surface area contributed by atoms with E-state index in [0.717, 1.165) is 11.1 Å². The molecule has 1 aromatic heterocycles. The van der Waals surface area contributed by atoms with Crippen LogP contribution in [0, 0.1) is 6.92 Å². The molecular weight excluding hydrogens is 387 g/mol. The molecule has 138 valence electrons. The molecule has 7 heteroatoms. The first kappa shape index (κ1) is 19.0. The van der Waals surface area contributed by atoms with Gasteiger partial charge in [-0.1, -0.05) is 35.3 Å². The van der Waals surface area contributed by atoms with Gasteiger partial charge in [0.15, 0.2) is 6.61 Å². The first-order valence-corrected chi connectivity index (χ1v) is 8.83. The second-order valence-corrected chi connectivity index (χ2v) is 6.55. The number of hydrogen-bond donors (Lipinski definition) is 1. The first-order valence-electron chi connectivity index (χ1n) is 8.08. The van der Waals surface area contributed by atoms with Gasteiger partial charge in [-0.15, -0.1) is 0 Å². The Morgan fingerprint density at radius 2 is 2.04 bits per heavy atom. The minimum atomic E-state index is -0.388. The molecule has 0 radical (unpaired) electrons. The topological polar surface area (TPSA) is 63.8 Å². The van der Waals surface area contributed by atoms with Crippen molar-refractivity contribution < 1.29 is 13.9 Å². The molecule has 0 saturated heterocycles. The maximum Gasteiger partial charge on any atom is 0.277 e. The van der Waals surface area contributed by atoms with Crippen LogP contribution in [-0.2, 0) is 4.79 Å². The van der Waals surface area contributed by atoms with Gasteiger partial charge in [0.2, 0.25) is 0 Å². The summed E-state index contributed by atoms with van der Waals surface area (Å²) in [7, 11) is 0. The fourth-order valence-corrected chi connectivity index (χ4v) is 2.58. The number of carbonyl (C=O) groups excluding carboxylic acids is 1. The third-order valence-electron chi connectivity index (χ3n) is 3.62. The van der Waals surface area contributed by atoms with Crippen LogP contribution in [0.15, 0.2) is 64.1 Å². The number of amides is 1. The second kappa shape index (κ2) is 8.75. The Morgan fingerprint density at radius 1 is 1.19 bits per heavy atom. The lowest BCUT2D eigenvalue weighted by molar-refractivity contribution is -0.123. The van der Waals surface area contributed by atoms with Gasteiger partial charge in [-0.25, -0.2) is 5.43 Å². The Bertz CT molecular complexity index is 983. The van der Waals surface area contributed by atoms with Crippen LogP contribution >= 0.6 is 23.2 Å². The normalized spacial score (nSPS) is 10.9. The number of halogens is 2. The second-order valence-electron chi connectivity index (χ2n) is 5.71. The maximum atomic E-state index is 11.8. The molecule has 0 aliphatic carbocycles. The van der Waals surface area contributed by atoms with Crippen molar-refractivity contribution in [2.75, 3.05) is 6.61 Å². The summed E-state index contributed by atoms with van der Waals surface area (Å²) in [6.45, 7) is 1.70. The summed E-state index contributed by atoms with van der Waals surface area (Å²) in [4.78, 5) is 11.8. The highest BCUT2D eigenvalue weighted by molar-refractivity contribution is 6.31. The molecule has 0 spiro atoms. The first-order chi connectivity index (χ1) is 13.0. The van der Waals surface area contributed by atoms with Crippen LogP contribution < -0.4 is 10.2 Å². The SMILES string of the molecule is Cc1cc(OCC(=O)N/N=C\c2ccc(-c3cccc(Cl)c3)o2)ccc1Cl. The Labute approximate surface area is 166 Å². The van der Waals surface area contributed by atoms with Gasteiger partial charge in [0.1, 0.15) is 17.3 Å². The highest BCUT2D eigenvalue weighted by Crippen LogP contribution is 2.24. The third-order valence-corrected chi connectivity index (χ3v) is 4.28. The smallest absolute Gasteiger partial charge is 0.277 e. The quantitative estimate of drug-likeness (QED) is 0.461. The van der Waals surface area contributed by atoms with Gasteiger partial charge in [-0.05, 0) is 55.0 Å². The molecule has 0 bridgehead atoms. The summed E-state index contributed by atoms with van der Waals surface area (Å²) in [6.07, 6.45) is 1.42. The van der Waals surface area contributed by atoms with Crippen LogP contribution in [0.25, 0.3) is 11.3 Å². The number of carbonyl (C=O) groups is 1.